The largest absolute Gasteiger partial charge is 0.388 e. The molecule has 1 saturated carbocycles. The van der Waals surface area contributed by atoms with Crippen molar-refractivity contribution in [1.29, 1.82) is 0 Å². The number of aliphatic hydroxyl groups is 1. The lowest BCUT2D eigenvalue weighted by molar-refractivity contribution is 0.140. The molecule has 1 heteroatoms. The molecule has 0 aliphatic heterocycles. The zero-order valence-corrected chi connectivity index (χ0v) is 11.6. The van der Waals surface area contributed by atoms with Crippen LogP contribution in [0.3, 0.4) is 0 Å². The zero-order chi connectivity index (χ0) is 13.2. The van der Waals surface area contributed by atoms with Gasteiger partial charge in [0.2, 0.25) is 0 Å². The van der Waals surface area contributed by atoms with Crippen molar-refractivity contribution >= 4 is 10.8 Å². The minimum absolute atomic E-state index is 0.306. The summed E-state index contributed by atoms with van der Waals surface area (Å²) in [6, 6.07) is 10.9. The second-order valence-corrected chi connectivity index (χ2v) is 6.90. The zero-order valence-electron chi connectivity index (χ0n) is 11.6. The van der Waals surface area contributed by atoms with E-state index in [2.05, 4.69) is 44.2 Å². The first-order valence-electron chi connectivity index (χ1n) is 7.29. The van der Waals surface area contributed by atoms with Gasteiger partial charge in [0.1, 0.15) is 0 Å². The van der Waals surface area contributed by atoms with Gasteiger partial charge < -0.3 is 5.11 Å². The molecule has 0 bridgehead atoms. The van der Waals surface area contributed by atoms with Crippen LogP contribution in [0, 0.1) is 11.3 Å². The molecule has 4 rings (SSSR count). The van der Waals surface area contributed by atoms with Crippen molar-refractivity contribution in [2.45, 2.75) is 39.2 Å². The van der Waals surface area contributed by atoms with E-state index in [0.717, 1.165) is 24.8 Å². The molecule has 0 heterocycles. The summed E-state index contributed by atoms with van der Waals surface area (Å²) < 4.78 is 0. The fourth-order valence-corrected chi connectivity index (χ4v) is 3.79. The Hall–Kier alpha value is -1.34. The molecule has 0 aromatic heterocycles. The maximum atomic E-state index is 10.7. The normalized spacial score (nSPS) is 24.7. The Labute approximate surface area is 114 Å². The van der Waals surface area contributed by atoms with Crippen LogP contribution in [0.5, 0.6) is 0 Å². The van der Waals surface area contributed by atoms with Gasteiger partial charge in [-0.3, -0.25) is 0 Å². The van der Waals surface area contributed by atoms with Gasteiger partial charge in [-0.15, -0.1) is 0 Å². The Morgan fingerprint density at radius 2 is 1.79 bits per heavy atom. The molecule has 0 saturated heterocycles. The fourth-order valence-electron chi connectivity index (χ4n) is 3.79. The molecule has 98 valence electrons. The average Bonchev–Trinajstić information content (AvgIpc) is 2.83. The van der Waals surface area contributed by atoms with Crippen LogP contribution in [-0.2, 0) is 12.8 Å². The summed E-state index contributed by atoms with van der Waals surface area (Å²) in [5.41, 5.74) is 4.36. The highest BCUT2D eigenvalue weighted by atomic mass is 16.3. The third kappa shape index (κ3) is 1.58. The van der Waals surface area contributed by atoms with Crippen LogP contribution in [0.2, 0.25) is 0 Å². The summed E-state index contributed by atoms with van der Waals surface area (Å²) in [5, 5.41) is 13.4. The maximum Gasteiger partial charge on any atom is 0.0829 e. The number of hydrogen-bond acceptors (Lipinski definition) is 1. The van der Waals surface area contributed by atoms with Crippen LogP contribution in [0.15, 0.2) is 30.3 Å². The van der Waals surface area contributed by atoms with E-state index in [4.69, 9.17) is 0 Å². The highest BCUT2D eigenvalue weighted by Crippen LogP contribution is 2.58. The Morgan fingerprint density at radius 3 is 2.47 bits per heavy atom. The van der Waals surface area contributed by atoms with Gasteiger partial charge in [0.05, 0.1) is 6.10 Å². The smallest absolute Gasteiger partial charge is 0.0829 e. The van der Waals surface area contributed by atoms with E-state index in [1.807, 2.05) is 0 Å². The average molecular weight is 252 g/mol. The van der Waals surface area contributed by atoms with Gasteiger partial charge in [-0.2, -0.15) is 0 Å². The molecule has 19 heavy (non-hydrogen) atoms. The van der Waals surface area contributed by atoms with Crippen molar-refractivity contribution in [3.63, 3.8) is 0 Å². The van der Waals surface area contributed by atoms with Crippen molar-refractivity contribution in [3.05, 3.63) is 47.0 Å². The standard InChI is InChI=1S/C18H20O/c1-18(2)10-15(18)17(19)14-9-8-12-7-6-11-4-3-5-13(14)16(11)12/h3-5,8-9,15,17,19H,6-7,10H2,1-2H3. The van der Waals surface area contributed by atoms with Gasteiger partial charge >= 0.3 is 0 Å². The number of benzene rings is 2. The topological polar surface area (TPSA) is 20.2 Å². The van der Waals surface area contributed by atoms with E-state index >= 15 is 0 Å². The summed E-state index contributed by atoms with van der Waals surface area (Å²) in [7, 11) is 0. The fraction of sp³-hybridized carbons (Fsp3) is 0.444. The van der Waals surface area contributed by atoms with E-state index in [1.165, 1.54) is 21.9 Å². The molecule has 2 atom stereocenters. The Kier molecular flexibility index (Phi) is 2.18. The van der Waals surface area contributed by atoms with Crippen LogP contribution in [-0.4, -0.2) is 5.11 Å². The lowest BCUT2D eigenvalue weighted by atomic mass is 9.93. The molecule has 2 aliphatic rings. The van der Waals surface area contributed by atoms with Crippen molar-refractivity contribution in [2.24, 2.45) is 11.3 Å². The van der Waals surface area contributed by atoms with E-state index in [-0.39, 0.29) is 6.10 Å². The second-order valence-electron chi connectivity index (χ2n) is 6.90. The van der Waals surface area contributed by atoms with E-state index in [1.54, 1.807) is 0 Å². The number of aryl methyl sites for hydroxylation is 2. The molecule has 1 N–H and O–H groups in total. The van der Waals surface area contributed by atoms with E-state index in [9.17, 15) is 5.11 Å². The SMILES string of the molecule is CC1(C)CC1C(O)c1ccc2c3c(cccc13)CC2. The quantitative estimate of drug-likeness (QED) is 0.856. The van der Waals surface area contributed by atoms with Gasteiger partial charge in [-0.25, -0.2) is 0 Å². The first kappa shape index (κ1) is 11.5. The van der Waals surface area contributed by atoms with Gasteiger partial charge in [-0.05, 0) is 58.1 Å². The molecule has 0 radical (unpaired) electrons. The van der Waals surface area contributed by atoms with Crippen molar-refractivity contribution in [3.8, 4) is 0 Å². The van der Waals surface area contributed by atoms with Gasteiger partial charge in [0, 0.05) is 0 Å². The minimum Gasteiger partial charge on any atom is -0.388 e. The Balaban J connectivity index is 1.88. The van der Waals surface area contributed by atoms with Crippen LogP contribution in [0.4, 0.5) is 0 Å². The van der Waals surface area contributed by atoms with Gasteiger partial charge in [0.15, 0.2) is 0 Å². The summed E-state index contributed by atoms with van der Waals surface area (Å²) in [4.78, 5) is 0. The molecule has 2 aromatic rings. The van der Waals surface area contributed by atoms with Crippen molar-refractivity contribution in [2.75, 3.05) is 0 Å². The van der Waals surface area contributed by atoms with Crippen LogP contribution < -0.4 is 0 Å². The summed E-state index contributed by atoms with van der Waals surface area (Å²) in [5.74, 6) is 0.422. The molecule has 2 unspecified atom stereocenters. The predicted molar refractivity (Wildman–Crippen MR) is 78.2 cm³/mol. The monoisotopic (exact) mass is 252 g/mol. The molecule has 0 spiro atoms. The number of rotatable bonds is 2. The summed E-state index contributed by atoms with van der Waals surface area (Å²) >= 11 is 0. The molecular weight excluding hydrogens is 232 g/mol. The molecule has 2 aromatic carbocycles. The van der Waals surface area contributed by atoms with Crippen molar-refractivity contribution in [1.82, 2.24) is 0 Å². The Bertz CT molecular complexity index is 658. The van der Waals surface area contributed by atoms with Crippen molar-refractivity contribution < 1.29 is 5.11 Å². The van der Waals surface area contributed by atoms with Gasteiger partial charge in [-0.1, -0.05) is 44.2 Å². The van der Waals surface area contributed by atoms with Crippen LogP contribution in [0.25, 0.3) is 10.8 Å². The number of hydrogen-bond donors (Lipinski definition) is 1. The van der Waals surface area contributed by atoms with E-state index in [0.29, 0.717) is 11.3 Å². The van der Waals surface area contributed by atoms with Crippen LogP contribution >= 0.6 is 0 Å². The number of aliphatic hydroxyl groups excluding tert-OH is 1. The lowest BCUT2D eigenvalue weighted by Gasteiger charge is -2.16. The third-order valence-electron chi connectivity index (χ3n) is 5.20. The molecular formula is C18H20O. The third-order valence-corrected chi connectivity index (χ3v) is 5.20. The predicted octanol–water partition coefficient (Wildman–Crippen LogP) is 4.02. The first-order chi connectivity index (χ1) is 9.08. The minimum atomic E-state index is -0.306. The van der Waals surface area contributed by atoms with E-state index < -0.39 is 0 Å². The van der Waals surface area contributed by atoms with Gasteiger partial charge in [0.25, 0.3) is 0 Å². The molecule has 2 aliphatic carbocycles. The summed E-state index contributed by atoms with van der Waals surface area (Å²) in [6.45, 7) is 4.50. The summed E-state index contributed by atoms with van der Waals surface area (Å²) in [6.07, 6.45) is 3.14. The van der Waals surface area contributed by atoms with Crippen LogP contribution in [0.1, 0.15) is 43.1 Å². The Morgan fingerprint density at radius 1 is 1.11 bits per heavy atom. The second kappa shape index (κ2) is 3.61. The maximum absolute atomic E-state index is 10.7. The highest BCUT2D eigenvalue weighted by Gasteiger charge is 2.50. The molecule has 0 amide bonds. The molecule has 1 nitrogen and oxygen atoms in total. The lowest BCUT2D eigenvalue weighted by Crippen LogP contribution is -2.05. The highest BCUT2D eigenvalue weighted by molar-refractivity contribution is 5.93. The first-order valence-corrected chi connectivity index (χ1v) is 7.29. The molecule has 1 fully saturated rings.